The molecule has 0 radical (unpaired) electrons. The summed E-state index contributed by atoms with van der Waals surface area (Å²) < 4.78 is 10.3. The first-order valence-corrected chi connectivity index (χ1v) is 7.59. The van der Waals surface area contributed by atoms with E-state index in [2.05, 4.69) is 5.32 Å². The Hall–Kier alpha value is -1.99. The zero-order chi connectivity index (χ0) is 16.8. The molecule has 23 heavy (non-hydrogen) atoms. The minimum atomic E-state index is -1.04. The van der Waals surface area contributed by atoms with Crippen molar-refractivity contribution >= 4 is 29.3 Å². The van der Waals surface area contributed by atoms with Gasteiger partial charge in [0.25, 0.3) is 0 Å². The van der Waals surface area contributed by atoms with Crippen LogP contribution in [-0.2, 0) is 9.53 Å². The summed E-state index contributed by atoms with van der Waals surface area (Å²) in [5.41, 5.74) is 0.482. The minimum Gasteiger partial charge on any atom is -0.490 e. The predicted molar refractivity (Wildman–Crippen MR) is 85.2 cm³/mol. The molecule has 0 atom stereocenters. The average molecular weight is 343 g/mol. The van der Waals surface area contributed by atoms with Crippen LogP contribution in [0, 0.1) is 0 Å². The number of urea groups is 1. The Morgan fingerprint density at radius 1 is 1.39 bits per heavy atom. The third kappa shape index (κ3) is 5.30. The summed E-state index contributed by atoms with van der Waals surface area (Å²) >= 11 is 6.11. The molecule has 0 aromatic heterocycles. The van der Waals surface area contributed by atoms with Crippen LogP contribution >= 0.6 is 11.6 Å². The largest absolute Gasteiger partial charge is 0.490 e. The van der Waals surface area contributed by atoms with E-state index >= 15 is 0 Å². The zero-order valence-electron chi connectivity index (χ0n) is 12.8. The lowest BCUT2D eigenvalue weighted by Gasteiger charge is -2.21. The van der Waals surface area contributed by atoms with Crippen LogP contribution in [-0.4, -0.2) is 54.9 Å². The lowest BCUT2D eigenvalue weighted by Crippen LogP contribution is -2.40. The van der Waals surface area contributed by atoms with Crippen molar-refractivity contribution in [2.24, 2.45) is 0 Å². The number of anilines is 1. The zero-order valence-corrected chi connectivity index (χ0v) is 13.5. The van der Waals surface area contributed by atoms with Crippen LogP contribution < -0.4 is 10.1 Å². The smallest absolute Gasteiger partial charge is 0.323 e. The number of hydrogen-bond acceptors (Lipinski definition) is 4. The Bertz CT molecular complexity index is 577. The van der Waals surface area contributed by atoms with Crippen molar-refractivity contribution in [3.8, 4) is 5.75 Å². The predicted octanol–water partition coefficient (Wildman–Crippen LogP) is 2.45. The Balaban J connectivity index is 1.97. The van der Waals surface area contributed by atoms with Crippen LogP contribution in [0.3, 0.4) is 0 Å². The summed E-state index contributed by atoms with van der Waals surface area (Å²) in [5.74, 6) is -0.543. The monoisotopic (exact) mass is 342 g/mol. The van der Waals surface area contributed by atoms with Crippen LogP contribution in [0.25, 0.3) is 0 Å². The number of carboxylic acids is 1. The van der Waals surface area contributed by atoms with Crippen molar-refractivity contribution in [3.63, 3.8) is 0 Å². The summed E-state index contributed by atoms with van der Waals surface area (Å²) in [6.07, 6.45) is 1.65. The number of nitrogens with one attached hydrogen (secondary N) is 1. The fourth-order valence-corrected chi connectivity index (χ4v) is 2.26. The first-order chi connectivity index (χ1) is 11.0. The van der Waals surface area contributed by atoms with E-state index in [-0.39, 0.29) is 12.6 Å². The first kappa shape index (κ1) is 17.4. The molecule has 0 aliphatic heterocycles. The third-order valence-electron chi connectivity index (χ3n) is 3.28. The van der Waals surface area contributed by atoms with Crippen LogP contribution in [0.15, 0.2) is 18.2 Å². The van der Waals surface area contributed by atoms with Crippen molar-refractivity contribution in [2.45, 2.75) is 18.9 Å². The van der Waals surface area contributed by atoms with E-state index in [4.69, 9.17) is 26.2 Å². The fourth-order valence-electron chi connectivity index (χ4n) is 2.02. The molecule has 2 N–H and O–H groups in total. The van der Waals surface area contributed by atoms with E-state index in [1.54, 1.807) is 25.3 Å². The number of carboxylic acid groups (broad SMARTS) is 1. The maximum atomic E-state index is 12.2. The van der Waals surface area contributed by atoms with E-state index < -0.39 is 12.0 Å². The standard InChI is InChI=1S/C15H19ClN2O5/c1-22-6-7-23-13-5-2-10(8-12(13)16)17-15(21)18(9-14(19)20)11-3-4-11/h2,5,8,11H,3-4,6-7,9H2,1H3,(H,17,21)(H,19,20). The third-order valence-corrected chi connectivity index (χ3v) is 3.58. The van der Waals surface area contributed by atoms with E-state index in [0.29, 0.717) is 29.7 Å². The molecule has 0 unspecified atom stereocenters. The number of halogens is 1. The number of carbonyl (C=O) groups excluding carboxylic acids is 1. The second-order valence-corrected chi connectivity index (χ2v) is 5.58. The van der Waals surface area contributed by atoms with Gasteiger partial charge < -0.3 is 24.8 Å². The Morgan fingerprint density at radius 2 is 2.13 bits per heavy atom. The normalized spacial score (nSPS) is 13.5. The molecule has 2 rings (SSSR count). The maximum absolute atomic E-state index is 12.2. The summed E-state index contributed by atoms with van der Waals surface area (Å²) in [6.45, 7) is 0.499. The lowest BCUT2D eigenvalue weighted by molar-refractivity contribution is -0.137. The molecule has 0 bridgehead atoms. The molecule has 0 saturated heterocycles. The van der Waals surface area contributed by atoms with Crippen molar-refractivity contribution in [1.82, 2.24) is 4.90 Å². The second kappa shape index (κ2) is 8.03. The van der Waals surface area contributed by atoms with Crippen LogP contribution in [0.2, 0.25) is 5.02 Å². The van der Waals surface area contributed by atoms with Gasteiger partial charge in [0.1, 0.15) is 18.9 Å². The summed E-state index contributed by atoms with van der Waals surface area (Å²) in [6, 6.07) is 4.41. The van der Waals surface area contributed by atoms with Gasteiger partial charge in [-0.1, -0.05) is 11.6 Å². The Kier molecular flexibility index (Phi) is 6.06. The first-order valence-electron chi connectivity index (χ1n) is 7.22. The van der Waals surface area contributed by atoms with Crippen molar-refractivity contribution in [2.75, 3.05) is 32.2 Å². The minimum absolute atomic E-state index is 0.00165. The molecule has 1 saturated carbocycles. The Labute approximate surface area is 139 Å². The van der Waals surface area contributed by atoms with Gasteiger partial charge in [-0.3, -0.25) is 4.79 Å². The maximum Gasteiger partial charge on any atom is 0.323 e. The number of amides is 2. The van der Waals surface area contributed by atoms with Gasteiger partial charge in [0.2, 0.25) is 0 Å². The highest BCUT2D eigenvalue weighted by Crippen LogP contribution is 2.30. The molecule has 0 spiro atoms. The van der Waals surface area contributed by atoms with Gasteiger partial charge in [-0.15, -0.1) is 0 Å². The Morgan fingerprint density at radius 3 is 2.70 bits per heavy atom. The molecule has 1 aromatic rings. The van der Waals surface area contributed by atoms with Gasteiger partial charge in [-0.05, 0) is 31.0 Å². The number of benzene rings is 1. The molecule has 1 aromatic carbocycles. The number of nitrogens with zero attached hydrogens (tertiary/aromatic N) is 1. The van der Waals surface area contributed by atoms with Gasteiger partial charge in [0, 0.05) is 18.8 Å². The van der Waals surface area contributed by atoms with E-state index in [9.17, 15) is 9.59 Å². The highest BCUT2D eigenvalue weighted by molar-refractivity contribution is 6.32. The lowest BCUT2D eigenvalue weighted by atomic mass is 10.3. The molecule has 1 aliphatic carbocycles. The number of ether oxygens (including phenoxy) is 2. The summed E-state index contributed by atoms with van der Waals surface area (Å²) in [7, 11) is 1.58. The SMILES string of the molecule is COCCOc1ccc(NC(=O)N(CC(=O)O)C2CC2)cc1Cl. The number of aliphatic carboxylic acids is 1. The molecular formula is C15H19ClN2O5. The van der Waals surface area contributed by atoms with Gasteiger partial charge in [-0.2, -0.15) is 0 Å². The number of rotatable bonds is 8. The molecule has 0 heterocycles. The van der Waals surface area contributed by atoms with Crippen molar-refractivity contribution in [3.05, 3.63) is 23.2 Å². The topological polar surface area (TPSA) is 88.1 Å². The fraction of sp³-hybridized carbons (Fsp3) is 0.467. The summed E-state index contributed by atoms with van der Waals surface area (Å²) in [5, 5.41) is 11.9. The molecule has 1 aliphatic rings. The number of carbonyl (C=O) groups is 2. The van der Waals surface area contributed by atoms with Gasteiger partial charge in [-0.25, -0.2) is 4.79 Å². The molecule has 126 valence electrons. The van der Waals surface area contributed by atoms with Crippen molar-refractivity contribution in [1.29, 1.82) is 0 Å². The highest BCUT2D eigenvalue weighted by Gasteiger charge is 2.33. The highest BCUT2D eigenvalue weighted by atomic mass is 35.5. The molecule has 1 fully saturated rings. The molecule has 2 amide bonds. The van der Waals surface area contributed by atoms with Crippen LogP contribution in [0.1, 0.15) is 12.8 Å². The van der Waals surface area contributed by atoms with Gasteiger partial charge in [0.05, 0.1) is 11.6 Å². The molecular weight excluding hydrogens is 324 g/mol. The van der Waals surface area contributed by atoms with E-state index in [1.165, 1.54) is 4.90 Å². The van der Waals surface area contributed by atoms with Crippen LogP contribution in [0.5, 0.6) is 5.75 Å². The van der Waals surface area contributed by atoms with E-state index in [0.717, 1.165) is 12.8 Å². The van der Waals surface area contributed by atoms with E-state index in [1.807, 2.05) is 0 Å². The second-order valence-electron chi connectivity index (χ2n) is 5.17. The summed E-state index contributed by atoms with van der Waals surface area (Å²) in [4.78, 5) is 24.4. The number of hydrogen-bond donors (Lipinski definition) is 2. The molecule has 8 heteroatoms. The average Bonchev–Trinajstić information content (AvgIpc) is 3.31. The van der Waals surface area contributed by atoms with Gasteiger partial charge in [0.15, 0.2) is 0 Å². The van der Waals surface area contributed by atoms with Crippen molar-refractivity contribution < 1.29 is 24.2 Å². The van der Waals surface area contributed by atoms with Gasteiger partial charge >= 0.3 is 12.0 Å². The quantitative estimate of drug-likeness (QED) is 0.708. The van der Waals surface area contributed by atoms with Crippen LogP contribution in [0.4, 0.5) is 10.5 Å². The number of methoxy groups -OCH3 is 1. The molecule has 7 nitrogen and oxygen atoms in total.